The molecular weight excluding hydrogens is 516 g/mol. The van der Waals surface area contributed by atoms with Crippen LogP contribution in [0, 0.1) is 5.92 Å². The maximum absolute atomic E-state index is 12.4. The van der Waals surface area contributed by atoms with E-state index in [4.69, 9.17) is 16.3 Å². The van der Waals surface area contributed by atoms with Gasteiger partial charge >= 0.3 is 5.97 Å². The Kier molecular flexibility index (Phi) is 17.2. The van der Waals surface area contributed by atoms with Crippen molar-refractivity contribution < 1.29 is 18.5 Å². The molecule has 0 amide bonds. The number of nitrogens with one attached hydrogen (secondary N) is 2. The molecule has 184 valence electrons. The molecular formula is C23H38BrClN2O4S. The summed E-state index contributed by atoms with van der Waals surface area (Å²) in [5.74, 6) is 0.486. The van der Waals surface area contributed by atoms with Crippen molar-refractivity contribution in [2.24, 2.45) is 5.92 Å². The van der Waals surface area contributed by atoms with Gasteiger partial charge in [0.1, 0.15) is 16.8 Å². The quantitative estimate of drug-likeness (QED) is 0.195. The Morgan fingerprint density at radius 1 is 1.19 bits per heavy atom. The van der Waals surface area contributed by atoms with Crippen LogP contribution >= 0.6 is 27.5 Å². The molecule has 6 nitrogen and oxygen atoms in total. The highest BCUT2D eigenvalue weighted by Crippen LogP contribution is 2.28. The standard InChI is InChI=1S/C19H28BrClN2O4S.C4H10/c1-4-5-6-13(2)27-18(25)12-22-9-10-23-28(26)17-11-15(7-8-16(17)21)19(20)14(3)24;1-4(2)3/h7-8,11,13,19,22-23H,4-6,9-10,12H2,1-3H3;4H,1-3H3. The average molecular weight is 554 g/mol. The summed E-state index contributed by atoms with van der Waals surface area (Å²) < 4.78 is 20.6. The lowest BCUT2D eigenvalue weighted by molar-refractivity contribution is -0.147. The predicted molar refractivity (Wildman–Crippen MR) is 137 cm³/mol. The van der Waals surface area contributed by atoms with E-state index < -0.39 is 15.8 Å². The number of rotatable bonds is 13. The molecule has 0 aromatic heterocycles. The van der Waals surface area contributed by atoms with E-state index in [0.29, 0.717) is 28.6 Å². The van der Waals surface area contributed by atoms with Gasteiger partial charge < -0.3 is 10.1 Å². The van der Waals surface area contributed by atoms with Crippen LogP contribution in [0.2, 0.25) is 5.02 Å². The molecule has 0 saturated carbocycles. The molecule has 0 saturated heterocycles. The molecule has 2 N–H and O–H groups in total. The second-order valence-corrected chi connectivity index (χ2v) is 10.8. The number of carbonyl (C=O) groups is 2. The lowest BCUT2D eigenvalue weighted by Crippen LogP contribution is -2.33. The molecule has 0 heterocycles. The third-order valence-corrected chi connectivity index (χ3v) is 6.72. The largest absolute Gasteiger partial charge is 0.462 e. The number of hydrogen-bond acceptors (Lipinski definition) is 5. The van der Waals surface area contributed by atoms with Crippen molar-refractivity contribution >= 4 is 50.3 Å². The SMILES string of the molecule is CC(C)C.CCCCC(C)OC(=O)CNCCNS(=O)c1cc(C(Br)C(C)=O)ccc1Cl. The highest BCUT2D eigenvalue weighted by molar-refractivity contribution is 9.09. The molecule has 0 spiro atoms. The predicted octanol–water partition coefficient (Wildman–Crippen LogP) is 5.35. The third kappa shape index (κ3) is 14.4. The summed E-state index contributed by atoms with van der Waals surface area (Å²) in [7, 11) is -1.53. The molecule has 0 aliphatic heterocycles. The first kappa shape index (κ1) is 31.2. The second-order valence-electron chi connectivity index (χ2n) is 8.18. The van der Waals surface area contributed by atoms with E-state index in [-0.39, 0.29) is 24.4 Å². The molecule has 32 heavy (non-hydrogen) atoms. The molecule has 0 aliphatic rings. The van der Waals surface area contributed by atoms with Crippen LogP contribution in [-0.4, -0.2) is 41.7 Å². The fourth-order valence-corrected chi connectivity index (χ4v) is 3.92. The molecule has 0 aliphatic carbocycles. The monoisotopic (exact) mass is 552 g/mol. The van der Waals surface area contributed by atoms with Crippen molar-refractivity contribution in [3.8, 4) is 0 Å². The number of benzene rings is 1. The van der Waals surface area contributed by atoms with Gasteiger partial charge in [-0.2, -0.15) is 0 Å². The van der Waals surface area contributed by atoms with E-state index >= 15 is 0 Å². The van der Waals surface area contributed by atoms with Gasteiger partial charge in [-0.15, -0.1) is 0 Å². The molecule has 3 unspecified atom stereocenters. The van der Waals surface area contributed by atoms with Crippen LogP contribution in [0.3, 0.4) is 0 Å². The Balaban J connectivity index is 0.00000220. The van der Waals surface area contributed by atoms with Crippen molar-refractivity contribution in [3.05, 3.63) is 28.8 Å². The summed E-state index contributed by atoms with van der Waals surface area (Å²) in [4.78, 5) is 23.2. The summed E-state index contributed by atoms with van der Waals surface area (Å²) in [6, 6.07) is 4.99. The smallest absolute Gasteiger partial charge is 0.320 e. The molecule has 0 fully saturated rings. The van der Waals surface area contributed by atoms with Gasteiger partial charge in [0.2, 0.25) is 0 Å². The normalized spacial score (nSPS) is 13.7. The number of ketones is 1. The second kappa shape index (κ2) is 17.6. The number of alkyl halides is 1. The van der Waals surface area contributed by atoms with Gasteiger partial charge in [-0.25, -0.2) is 8.93 Å². The van der Waals surface area contributed by atoms with Crippen molar-refractivity contribution in [3.63, 3.8) is 0 Å². The van der Waals surface area contributed by atoms with E-state index in [9.17, 15) is 13.8 Å². The first-order chi connectivity index (χ1) is 15.0. The zero-order chi connectivity index (χ0) is 24.7. The number of ether oxygens (including phenoxy) is 1. The van der Waals surface area contributed by atoms with Gasteiger partial charge in [-0.3, -0.25) is 9.59 Å². The van der Waals surface area contributed by atoms with Crippen LogP contribution in [-0.2, 0) is 25.3 Å². The van der Waals surface area contributed by atoms with E-state index in [2.05, 4.69) is 53.7 Å². The van der Waals surface area contributed by atoms with Gasteiger partial charge in [-0.1, -0.05) is 74.1 Å². The summed E-state index contributed by atoms with van der Waals surface area (Å²) in [5.41, 5.74) is 0.695. The Labute approximate surface area is 209 Å². The molecule has 9 heteroatoms. The van der Waals surface area contributed by atoms with Gasteiger partial charge in [0.05, 0.1) is 27.4 Å². The summed E-state index contributed by atoms with van der Waals surface area (Å²) >= 11 is 9.44. The molecule has 1 aromatic carbocycles. The van der Waals surface area contributed by atoms with Crippen LogP contribution in [0.1, 0.15) is 71.2 Å². The molecule has 1 aromatic rings. The topological polar surface area (TPSA) is 84.5 Å². The van der Waals surface area contributed by atoms with Gasteiger partial charge in [0, 0.05) is 13.1 Å². The lowest BCUT2D eigenvalue weighted by atomic mass is 10.1. The van der Waals surface area contributed by atoms with E-state index in [1.165, 1.54) is 6.92 Å². The zero-order valence-corrected chi connectivity index (χ0v) is 23.2. The number of Topliss-reactive ketones (excluding diaryl/α,β-unsaturated/α-hetero) is 1. The van der Waals surface area contributed by atoms with Crippen LogP contribution in [0.15, 0.2) is 23.1 Å². The minimum atomic E-state index is -1.53. The van der Waals surface area contributed by atoms with E-state index in [0.717, 1.165) is 25.2 Å². The van der Waals surface area contributed by atoms with Crippen LogP contribution < -0.4 is 10.0 Å². The summed E-state index contributed by atoms with van der Waals surface area (Å²) in [6.45, 7) is 12.9. The highest BCUT2D eigenvalue weighted by Gasteiger charge is 2.16. The maximum atomic E-state index is 12.4. The Morgan fingerprint density at radius 3 is 2.38 bits per heavy atom. The lowest BCUT2D eigenvalue weighted by Gasteiger charge is -2.13. The number of esters is 1. The molecule has 1 rings (SSSR count). The number of unbranched alkanes of at least 4 members (excludes halogenated alkanes) is 1. The number of halogens is 2. The van der Waals surface area contributed by atoms with Gasteiger partial charge in [0.15, 0.2) is 0 Å². The highest BCUT2D eigenvalue weighted by atomic mass is 79.9. The van der Waals surface area contributed by atoms with Crippen LogP contribution in [0.4, 0.5) is 0 Å². The number of hydrogen-bond donors (Lipinski definition) is 2. The van der Waals surface area contributed by atoms with E-state index in [1.807, 2.05) is 6.92 Å². The summed E-state index contributed by atoms with van der Waals surface area (Å²) in [5, 5.41) is 3.31. The molecule has 0 radical (unpaired) electrons. The van der Waals surface area contributed by atoms with Gasteiger partial charge in [-0.05, 0) is 43.9 Å². The minimum absolute atomic E-state index is 0.0490. The third-order valence-electron chi connectivity index (χ3n) is 3.91. The fourth-order valence-electron chi connectivity index (χ4n) is 2.37. The van der Waals surface area contributed by atoms with E-state index in [1.54, 1.807) is 18.2 Å². The van der Waals surface area contributed by atoms with Gasteiger partial charge in [0.25, 0.3) is 0 Å². The molecule has 0 bridgehead atoms. The molecule has 3 atom stereocenters. The first-order valence-electron chi connectivity index (χ1n) is 11.0. The Morgan fingerprint density at radius 2 is 1.81 bits per heavy atom. The first-order valence-corrected chi connectivity index (χ1v) is 13.4. The Bertz CT molecular complexity index is 731. The zero-order valence-electron chi connectivity index (χ0n) is 20.0. The Hall–Kier alpha value is -0.800. The summed E-state index contributed by atoms with van der Waals surface area (Å²) in [6.07, 6.45) is 2.88. The van der Waals surface area contributed by atoms with Crippen LogP contribution in [0.5, 0.6) is 0 Å². The average Bonchev–Trinajstić information content (AvgIpc) is 2.71. The van der Waals surface area contributed by atoms with Crippen molar-refractivity contribution in [1.29, 1.82) is 0 Å². The number of carbonyl (C=O) groups excluding carboxylic acids is 2. The van der Waals surface area contributed by atoms with Crippen molar-refractivity contribution in [1.82, 2.24) is 10.0 Å². The van der Waals surface area contributed by atoms with Crippen molar-refractivity contribution in [2.75, 3.05) is 19.6 Å². The van der Waals surface area contributed by atoms with Crippen LogP contribution in [0.25, 0.3) is 0 Å². The maximum Gasteiger partial charge on any atom is 0.320 e. The fraction of sp³-hybridized carbons (Fsp3) is 0.652. The van der Waals surface area contributed by atoms with Crippen molar-refractivity contribution in [2.45, 2.75) is 76.6 Å². The minimum Gasteiger partial charge on any atom is -0.462 e.